The molecule has 1 amide bonds. The molecular formula is C15H14N4O4S2. The third-order valence-corrected chi connectivity index (χ3v) is 4.28. The Morgan fingerprint density at radius 1 is 1.40 bits per heavy atom. The molecule has 0 aliphatic rings. The van der Waals surface area contributed by atoms with Gasteiger partial charge in [-0.3, -0.25) is 10.1 Å². The van der Waals surface area contributed by atoms with Gasteiger partial charge < -0.3 is 14.6 Å². The number of hydrogen-bond donors (Lipinski definition) is 2. The first kappa shape index (κ1) is 18.6. The van der Waals surface area contributed by atoms with Crippen molar-refractivity contribution in [2.24, 2.45) is 0 Å². The van der Waals surface area contributed by atoms with Crippen LogP contribution in [0.15, 0.2) is 22.9 Å². The fourth-order valence-corrected chi connectivity index (χ4v) is 2.94. The number of aromatic nitrogens is 2. The highest BCUT2D eigenvalue weighted by Crippen LogP contribution is 2.37. The Bertz CT molecular complexity index is 832. The van der Waals surface area contributed by atoms with Gasteiger partial charge in [0.05, 0.1) is 14.2 Å². The lowest BCUT2D eigenvalue weighted by Crippen LogP contribution is -2.13. The number of carbonyl (C=O) groups excluding carboxylic acids is 1. The molecular weight excluding hydrogens is 364 g/mol. The summed E-state index contributed by atoms with van der Waals surface area (Å²) >= 11 is 2.38. The summed E-state index contributed by atoms with van der Waals surface area (Å²) in [6.07, 6.45) is 3.18. The number of hydrogen-bond acceptors (Lipinski definition) is 9. The van der Waals surface area contributed by atoms with E-state index in [2.05, 4.69) is 14.7 Å². The van der Waals surface area contributed by atoms with Gasteiger partial charge in [-0.25, -0.2) is 0 Å². The normalized spacial score (nSPS) is 10.9. The van der Waals surface area contributed by atoms with E-state index < -0.39 is 5.91 Å². The second-order valence-corrected chi connectivity index (χ2v) is 6.01. The predicted molar refractivity (Wildman–Crippen MR) is 95.1 cm³/mol. The molecule has 0 atom stereocenters. The summed E-state index contributed by atoms with van der Waals surface area (Å²) in [4.78, 5) is 16.3. The first-order valence-electron chi connectivity index (χ1n) is 6.78. The number of aromatic hydroxyl groups is 1. The molecule has 1 heterocycles. The van der Waals surface area contributed by atoms with Crippen molar-refractivity contribution in [1.29, 1.82) is 5.26 Å². The van der Waals surface area contributed by atoms with Gasteiger partial charge in [-0.2, -0.15) is 14.6 Å². The molecule has 0 fully saturated rings. The van der Waals surface area contributed by atoms with E-state index in [-0.39, 0.29) is 22.8 Å². The molecule has 130 valence electrons. The van der Waals surface area contributed by atoms with Gasteiger partial charge in [-0.15, -0.1) is 0 Å². The van der Waals surface area contributed by atoms with Crippen LogP contribution in [0.3, 0.4) is 0 Å². The van der Waals surface area contributed by atoms with Crippen molar-refractivity contribution in [3.05, 3.63) is 23.3 Å². The second kappa shape index (κ2) is 8.36. The van der Waals surface area contributed by atoms with Crippen molar-refractivity contribution in [3.63, 3.8) is 0 Å². The summed E-state index contributed by atoms with van der Waals surface area (Å²) < 4.78 is 14.1. The fraction of sp³-hybridized carbons (Fsp3) is 0.200. The zero-order valence-corrected chi connectivity index (χ0v) is 15.2. The molecule has 0 saturated carbocycles. The molecule has 1 aromatic heterocycles. The summed E-state index contributed by atoms with van der Waals surface area (Å²) in [6, 6.07) is 4.81. The zero-order chi connectivity index (χ0) is 18.4. The molecule has 0 radical (unpaired) electrons. The van der Waals surface area contributed by atoms with Crippen LogP contribution in [0.25, 0.3) is 6.08 Å². The summed E-state index contributed by atoms with van der Waals surface area (Å²) in [7, 11) is 2.78. The Labute approximate surface area is 152 Å². The van der Waals surface area contributed by atoms with Gasteiger partial charge in [0.15, 0.2) is 11.5 Å². The van der Waals surface area contributed by atoms with E-state index in [0.717, 1.165) is 11.5 Å². The van der Waals surface area contributed by atoms with Gasteiger partial charge in [-0.1, -0.05) is 11.8 Å². The third-order valence-electron chi connectivity index (χ3n) is 2.99. The van der Waals surface area contributed by atoms with Crippen molar-refractivity contribution >= 4 is 40.4 Å². The number of amides is 1. The molecule has 2 aromatic rings. The van der Waals surface area contributed by atoms with Crippen molar-refractivity contribution in [2.45, 2.75) is 5.16 Å². The SMILES string of the molecule is COc1cc(/C=C(/C#N)C(=O)Nc2nc(SC)ns2)cc(OC)c1O. The maximum atomic E-state index is 12.2. The standard InChI is InChI=1S/C15H14N4O4S2/c1-22-10-5-8(6-11(23-2)12(10)20)4-9(7-16)13(21)17-14-18-15(24-3)19-25-14/h4-6,20H,1-3H3,(H,17,18,19,21)/b9-4-. The highest BCUT2D eigenvalue weighted by molar-refractivity contribution is 7.98. The van der Waals surface area contributed by atoms with Crippen LogP contribution >= 0.6 is 23.3 Å². The zero-order valence-electron chi connectivity index (χ0n) is 13.6. The molecule has 0 unspecified atom stereocenters. The Morgan fingerprint density at radius 2 is 2.04 bits per heavy atom. The predicted octanol–water partition coefficient (Wildman–Crippen LogP) is 2.53. The fourth-order valence-electron chi connectivity index (χ4n) is 1.82. The van der Waals surface area contributed by atoms with Crippen molar-refractivity contribution in [3.8, 4) is 23.3 Å². The van der Waals surface area contributed by atoms with Gasteiger partial charge in [0.1, 0.15) is 11.6 Å². The monoisotopic (exact) mass is 378 g/mol. The highest BCUT2D eigenvalue weighted by Gasteiger charge is 2.15. The van der Waals surface area contributed by atoms with Crippen LogP contribution in [-0.4, -0.2) is 40.8 Å². The van der Waals surface area contributed by atoms with Crippen LogP contribution < -0.4 is 14.8 Å². The lowest BCUT2D eigenvalue weighted by molar-refractivity contribution is -0.112. The molecule has 25 heavy (non-hydrogen) atoms. The van der Waals surface area contributed by atoms with Crippen molar-refractivity contribution in [2.75, 3.05) is 25.8 Å². The van der Waals surface area contributed by atoms with Gasteiger partial charge in [-0.05, 0) is 30.0 Å². The molecule has 0 bridgehead atoms. The molecule has 0 saturated heterocycles. The number of nitrogens with one attached hydrogen (secondary N) is 1. The van der Waals surface area contributed by atoms with Crippen molar-refractivity contribution in [1.82, 2.24) is 9.36 Å². The Morgan fingerprint density at radius 3 is 2.52 bits per heavy atom. The lowest BCUT2D eigenvalue weighted by atomic mass is 10.1. The summed E-state index contributed by atoms with van der Waals surface area (Å²) in [5.41, 5.74) is 0.316. The largest absolute Gasteiger partial charge is 0.502 e. The number of anilines is 1. The molecule has 2 N–H and O–H groups in total. The summed E-state index contributed by atoms with van der Waals surface area (Å²) in [6.45, 7) is 0. The maximum absolute atomic E-state index is 12.2. The van der Waals surface area contributed by atoms with E-state index >= 15 is 0 Å². The molecule has 2 rings (SSSR count). The van der Waals surface area contributed by atoms with Crippen LogP contribution in [0.2, 0.25) is 0 Å². The van der Waals surface area contributed by atoms with E-state index in [1.54, 1.807) is 0 Å². The van der Waals surface area contributed by atoms with Crippen LogP contribution in [0.4, 0.5) is 5.13 Å². The number of rotatable bonds is 6. The van der Waals surface area contributed by atoms with E-state index in [9.17, 15) is 15.2 Å². The van der Waals surface area contributed by atoms with Crippen molar-refractivity contribution < 1.29 is 19.4 Å². The second-order valence-electron chi connectivity index (χ2n) is 4.48. The quantitative estimate of drug-likeness (QED) is 0.447. The van der Waals surface area contributed by atoms with Crippen LogP contribution in [0.5, 0.6) is 17.2 Å². The number of nitrogens with zero attached hydrogens (tertiary/aromatic N) is 3. The molecule has 0 aliphatic heterocycles. The minimum Gasteiger partial charge on any atom is -0.502 e. The number of thioether (sulfide) groups is 1. The van der Waals surface area contributed by atoms with Crippen LogP contribution in [0.1, 0.15) is 5.56 Å². The first-order chi connectivity index (χ1) is 12.0. The highest BCUT2D eigenvalue weighted by atomic mass is 32.2. The number of phenols is 1. The van der Waals surface area contributed by atoms with Gasteiger partial charge in [0, 0.05) is 11.5 Å². The number of benzene rings is 1. The molecule has 0 aliphatic carbocycles. The smallest absolute Gasteiger partial charge is 0.268 e. The molecule has 0 spiro atoms. The number of ether oxygens (including phenoxy) is 2. The number of carbonyl (C=O) groups is 1. The summed E-state index contributed by atoms with van der Waals surface area (Å²) in [5.74, 6) is -0.449. The molecule has 10 heteroatoms. The van der Waals surface area contributed by atoms with Crippen LogP contribution in [-0.2, 0) is 4.79 Å². The number of nitriles is 1. The van der Waals surface area contributed by atoms with Gasteiger partial charge in [0.25, 0.3) is 5.91 Å². The van der Waals surface area contributed by atoms with E-state index in [1.165, 1.54) is 44.2 Å². The average Bonchev–Trinajstić information content (AvgIpc) is 3.07. The third kappa shape index (κ3) is 4.40. The Hall–Kier alpha value is -2.77. The van der Waals surface area contributed by atoms with E-state index in [0.29, 0.717) is 15.9 Å². The lowest BCUT2D eigenvalue weighted by Gasteiger charge is -2.09. The minimum absolute atomic E-state index is 0.143. The number of methoxy groups -OCH3 is 2. The topological polar surface area (TPSA) is 117 Å². The van der Waals surface area contributed by atoms with E-state index in [1.807, 2.05) is 12.3 Å². The minimum atomic E-state index is -0.614. The van der Waals surface area contributed by atoms with Gasteiger partial charge in [0.2, 0.25) is 16.0 Å². The van der Waals surface area contributed by atoms with E-state index in [4.69, 9.17) is 9.47 Å². The number of phenolic OH excluding ortho intramolecular Hbond substituents is 1. The Kier molecular flexibility index (Phi) is 6.21. The first-order valence-corrected chi connectivity index (χ1v) is 8.78. The maximum Gasteiger partial charge on any atom is 0.268 e. The van der Waals surface area contributed by atoms with Gasteiger partial charge >= 0.3 is 0 Å². The molecule has 1 aromatic carbocycles. The average molecular weight is 378 g/mol. The Balaban J connectivity index is 2.30. The summed E-state index contributed by atoms with van der Waals surface area (Å²) in [5, 5.41) is 22.5. The molecule has 8 nitrogen and oxygen atoms in total. The van der Waals surface area contributed by atoms with Crippen LogP contribution in [0, 0.1) is 11.3 Å².